The van der Waals surface area contributed by atoms with Gasteiger partial charge in [-0.25, -0.2) is 12.8 Å². The van der Waals surface area contributed by atoms with Gasteiger partial charge in [0.05, 0.1) is 5.75 Å². The first-order chi connectivity index (χ1) is 11.5. The van der Waals surface area contributed by atoms with Crippen LogP contribution in [0.25, 0.3) is 0 Å². The third-order valence-corrected chi connectivity index (χ3v) is 6.27. The Labute approximate surface area is 142 Å². The molecule has 1 atom stereocenters. The Kier molecular flexibility index (Phi) is 4.99. The Bertz CT molecular complexity index is 778. The van der Waals surface area contributed by atoms with Crippen LogP contribution in [0.2, 0.25) is 0 Å². The van der Waals surface area contributed by atoms with Gasteiger partial charge in [0.15, 0.2) is 0 Å². The maximum Gasteiger partial charge on any atom is 0.218 e. The van der Waals surface area contributed by atoms with Crippen LogP contribution in [0, 0.1) is 5.82 Å². The fourth-order valence-electron chi connectivity index (χ4n) is 3.02. The van der Waals surface area contributed by atoms with Crippen LogP contribution in [0.1, 0.15) is 17.2 Å². The summed E-state index contributed by atoms with van der Waals surface area (Å²) >= 11 is 0. The number of likely N-dealkylation sites (N-methyl/N-ethyl adjacent to an activating group) is 1. The summed E-state index contributed by atoms with van der Waals surface area (Å²) in [7, 11) is -1.41. The van der Waals surface area contributed by atoms with Gasteiger partial charge in [-0.05, 0) is 30.3 Å². The molecule has 1 heterocycles. The minimum Gasteiger partial charge on any atom is -0.297 e. The largest absolute Gasteiger partial charge is 0.297 e. The van der Waals surface area contributed by atoms with E-state index in [1.165, 1.54) is 24.3 Å². The Morgan fingerprint density at radius 3 is 2.38 bits per heavy atom. The van der Waals surface area contributed by atoms with Crippen molar-refractivity contribution in [1.29, 1.82) is 0 Å². The zero-order valence-corrected chi connectivity index (χ0v) is 14.4. The molecular formula is C18H21FN2O2S. The third kappa shape index (κ3) is 3.83. The van der Waals surface area contributed by atoms with E-state index in [0.29, 0.717) is 25.2 Å². The molecular weight excluding hydrogens is 327 g/mol. The molecule has 0 bridgehead atoms. The van der Waals surface area contributed by atoms with Gasteiger partial charge in [-0.1, -0.05) is 42.5 Å². The Balaban J connectivity index is 1.77. The van der Waals surface area contributed by atoms with E-state index in [9.17, 15) is 12.8 Å². The maximum absolute atomic E-state index is 13.0. The van der Waals surface area contributed by atoms with E-state index >= 15 is 0 Å². The van der Waals surface area contributed by atoms with Crippen molar-refractivity contribution in [1.82, 2.24) is 9.21 Å². The second kappa shape index (κ2) is 7.01. The predicted molar refractivity (Wildman–Crippen MR) is 92.4 cm³/mol. The van der Waals surface area contributed by atoms with Crippen LogP contribution >= 0.6 is 0 Å². The highest BCUT2D eigenvalue weighted by Crippen LogP contribution is 2.26. The first kappa shape index (κ1) is 17.1. The van der Waals surface area contributed by atoms with E-state index < -0.39 is 10.0 Å². The number of nitrogens with zero attached hydrogens (tertiary/aromatic N) is 2. The molecule has 3 rings (SSSR count). The van der Waals surface area contributed by atoms with Crippen molar-refractivity contribution in [2.24, 2.45) is 0 Å². The lowest BCUT2D eigenvalue weighted by Crippen LogP contribution is -2.49. The van der Waals surface area contributed by atoms with Crippen LogP contribution in [-0.4, -0.2) is 44.3 Å². The number of piperazine rings is 1. The van der Waals surface area contributed by atoms with E-state index in [-0.39, 0.29) is 17.6 Å². The molecule has 0 radical (unpaired) electrons. The summed E-state index contributed by atoms with van der Waals surface area (Å²) in [6, 6.07) is 15.6. The Hall–Kier alpha value is -1.76. The summed E-state index contributed by atoms with van der Waals surface area (Å²) in [6.07, 6.45) is 0. The first-order valence-corrected chi connectivity index (χ1v) is 9.54. The molecule has 1 unspecified atom stereocenters. The smallest absolute Gasteiger partial charge is 0.218 e. The average molecular weight is 348 g/mol. The lowest BCUT2D eigenvalue weighted by molar-refractivity contribution is 0.148. The zero-order chi connectivity index (χ0) is 17.2. The monoisotopic (exact) mass is 348 g/mol. The summed E-state index contributed by atoms with van der Waals surface area (Å²) in [4.78, 5) is 2.18. The molecule has 128 valence electrons. The lowest BCUT2D eigenvalue weighted by atomic mass is 10.0. The quantitative estimate of drug-likeness (QED) is 0.853. The number of hydrogen-bond donors (Lipinski definition) is 0. The van der Waals surface area contributed by atoms with Crippen molar-refractivity contribution in [3.05, 3.63) is 71.5 Å². The molecule has 1 aliphatic heterocycles. The number of rotatable bonds is 4. The molecule has 24 heavy (non-hydrogen) atoms. The van der Waals surface area contributed by atoms with Crippen molar-refractivity contribution in [3.8, 4) is 0 Å². The second-order valence-electron chi connectivity index (χ2n) is 6.15. The minimum absolute atomic E-state index is 0.0444. The summed E-state index contributed by atoms with van der Waals surface area (Å²) in [5.74, 6) is -0.460. The topological polar surface area (TPSA) is 40.6 Å². The number of sulfonamides is 1. The lowest BCUT2D eigenvalue weighted by Gasteiger charge is -2.39. The molecule has 1 fully saturated rings. The molecule has 0 spiro atoms. The normalized spacial score (nSPS) is 20.2. The average Bonchev–Trinajstić information content (AvgIpc) is 2.58. The molecule has 0 saturated carbocycles. The zero-order valence-electron chi connectivity index (χ0n) is 13.6. The standard InChI is InChI=1S/C18H21FN2O2S/c1-20-11-12-21(13-18(20)16-5-3-2-4-6-16)24(22,23)14-15-7-9-17(19)10-8-15/h2-10,18H,11-14H2,1H3. The molecule has 1 aliphatic rings. The van der Waals surface area contributed by atoms with E-state index in [2.05, 4.69) is 4.90 Å². The van der Waals surface area contributed by atoms with Crippen molar-refractivity contribution in [3.63, 3.8) is 0 Å². The highest BCUT2D eigenvalue weighted by atomic mass is 32.2. The van der Waals surface area contributed by atoms with E-state index in [1.54, 1.807) is 4.31 Å². The predicted octanol–water partition coefficient (Wildman–Crippen LogP) is 2.64. The molecule has 0 amide bonds. The van der Waals surface area contributed by atoms with Gasteiger partial charge in [-0.15, -0.1) is 0 Å². The fourth-order valence-corrected chi connectivity index (χ4v) is 4.54. The molecule has 0 aromatic heterocycles. The molecule has 0 N–H and O–H groups in total. The molecule has 0 aliphatic carbocycles. The van der Waals surface area contributed by atoms with Crippen LogP contribution in [0.15, 0.2) is 54.6 Å². The van der Waals surface area contributed by atoms with Gasteiger partial charge in [0.1, 0.15) is 5.82 Å². The van der Waals surface area contributed by atoms with Crippen molar-refractivity contribution in [2.75, 3.05) is 26.7 Å². The van der Waals surface area contributed by atoms with Crippen LogP contribution in [0.3, 0.4) is 0 Å². The van der Waals surface area contributed by atoms with Gasteiger partial charge in [0.2, 0.25) is 10.0 Å². The van der Waals surface area contributed by atoms with Gasteiger partial charge in [0.25, 0.3) is 0 Å². The van der Waals surface area contributed by atoms with Crippen LogP contribution < -0.4 is 0 Å². The summed E-state index contributed by atoms with van der Waals surface area (Å²) < 4.78 is 40.0. The van der Waals surface area contributed by atoms with Crippen molar-refractivity contribution in [2.45, 2.75) is 11.8 Å². The molecule has 4 nitrogen and oxygen atoms in total. The van der Waals surface area contributed by atoms with Crippen LogP contribution in [0.5, 0.6) is 0 Å². The van der Waals surface area contributed by atoms with E-state index in [0.717, 1.165) is 5.56 Å². The number of benzene rings is 2. The van der Waals surface area contributed by atoms with Crippen molar-refractivity contribution >= 4 is 10.0 Å². The molecule has 2 aromatic carbocycles. The molecule has 2 aromatic rings. The SMILES string of the molecule is CN1CCN(S(=O)(=O)Cc2ccc(F)cc2)CC1c1ccccc1. The van der Waals surface area contributed by atoms with Crippen molar-refractivity contribution < 1.29 is 12.8 Å². The van der Waals surface area contributed by atoms with Gasteiger partial charge in [-0.2, -0.15) is 4.31 Å². The van der Waals surface area contributed by atoms with Gasteiger partial charge < -0.3 is 0 Å². The minimum atomic E-state index is -3.43. The number of hydrogen-bond acceptors (Lipinski definition) is 3. The van der Waals surface area contributed by atoms with E-state index in [1.807, 2.05) is 37.4 Å². The third-order valence-electron chi connectivity index (χ3n) is 4.45. The van der Waals surface area contributed by atoms with Crippen LogP contribution in [-0.2, 0) is 15.8 Å². The first-order valence-electron chi connectivity index (χ1n) is 7.93. The van der Waals surface area contributed by atoms with Gasteiger partial charge in [-0.3, -0.25) is 4.90 Å². The summed E-state index contributed by atoms with van der Waals surface area (Å²) in [5, 5.41) is 0. The van der Waals surface area contributed by atoms with Crippen LogP contribution in [0.4, 0.5) is 4.39 Å². The summed E-state index contributed by atoms with van der Waals surface area (Å²) in [5.41, 5.74) is 1.72. The number of halogens is 1. The second-order valence-corrected chi connectivity index (χ2v) is 8.12. The molecule has 6 heteroatoms. The highest BCUT2D eigenvalue weighted by Gasteiger charge is 2.32. The summed E-state index contributed by atoms with van der Waals surface area (Å²) in [6.45, 7) is 1.59. The van der Waals surface area contributed by atoms with Gasteiger partial charge in [0, 0.05) is 25.7 Å². The van der Waals surface area contributed by atoms with Gasteiger partial charge >= 0.3 is 0 Å². The van der Waals surface area contributed by atoms with E-state index in [4.69, 9.17) is 0 Å². The Morgan fingerprint density at radius 2 is 1.71 bits per heavy atom. The highest BCUT2D eigenvalue weighted by molar-refractivity contribution is 7.88. The molecule has 1 saturated heterocycles. The fraction of sp³-hybridized carbons (Fsp3) is 0.333. The maximum atomic E-state index is 13.0. The Morgan fingerprint density at radius 1 is 1.04 bits per heavy atom.